The van der Waals surface area contributed by atoms with Crippen molar-refractivity contribution in [2.75, 3.05) is 7.11 Å². The van der Waals surface area contributed by atoms with Crippen LogP contribution in [0.2, 0.25) is 0 Å². The summed E-state index contributed by atoms with van der Waals surface area (Å²) in [7, 11) is 1.17. The molecule has 0 saturated heterocycles. The molecule has 4 nitrogen and oxygen atoms in total. The summed E-state index contributed by atoms with van der Waals surface area (Å²) in [5.74, 6) is -0.447. The summed E-state index contributed by atoms with van der Waals surface area (Å²) in [6.45, 7) is 4.13. The van der Waals surface area contributed by atoms with Gasteiger partial charge >= 0.3 is 5.97 Å². The van der Waals surface area contributed by atoms with Gasteiger partial charge in [0, 0.05) is 0 Å². The Morgan fingerprint density at radius 2 is 1.59 bits per heavy atom. The van der Waals surface area contributed by atoms with Gasteiger partial charge < -0.3 is 14.9 Å². The number of aliphatic hydroxyl groups excluding tert-OH is 2. The van der Waals surface area contributed by atoms with E-state index in [0.29, 0.717) is 11.5 Å². The van der Waals surface area contributed by atoms with Gasteiger partial charge in [-0.25, -0.2) is 4.79 Å². The summed E-state index contributed by atoms with van der Waals surface area (Å²) in [6.07, 6.45) is -2.81. The molecule has 2 N–H and O–H groups in total. The number of carbonyl (C=O) groups is 1. The normalized spacial score (nSPS) is 14.5. The minimum Gasteiger partial charge on any atom is -0.467 e. The van der Waals surface area contributed by atoms with Gasteiger partial charge in [-0.1, -0.05) is 38.1 Å². The molecule has 2 atom stereocenters. The van der Waals surface area contributed by atoms with Gasteiger partial charge in [0.15, 0.2) is 6.10 Å². The van der Waals surface area contributed by atoms with Crippen molar-refractivity contribution < 1.29 is 19.7 Å². The summed E-state index contributed by atoms with van der Waals surface area (Å²) in [4.78, 5) is 11.1. The number of hydrogen-bond donors (Lipinski definition) is 2. The summed E-state index contributed by atoms with van der Waals surface area (Å²) in [6, 6.07) is 7.14. The molecule has 0 saturated carbocycles. The first-order valence-corrected chi connectivity index (χ1v) is 5.51. The fourth-order valence-electron chi connectivity index (χ4n) is 1.51. The summed E-state index contributed by atoms with van der Waals surface area (Å²) in [5.41, 5.74) is 1.63. The van der Waals surface area contributed by atoms with Crippen LogP contribution in [-0.2, 0) is 9.53 Å². The van der Waals surface area contributed by atoms with Crippen molar-refractivity contribution in [2.24, 2.45) is 0 Å². The average molecular weight is 238 g/mol. The van der Waals surface area contributed by atoms with E-state index in [9.17, 15) is 15.0 Å². The Balaban J connectivity index is 2.82. The summed E-state index contributed by atoms with van der Waals surface area (Å²) >= 11 is 0. The predicted octanol–water partition coefficient (Wildman–Crippen LogP) is 1.38. The number of rotatable bonds is 4. The van der Waals surface area contributed by atoms with Crippen molar-refractivity contribution in [3.8, 4) is 0 Å². The average Bonchev–Trinajstić information content (AvgIpc) is 2.36. The van der Waals surface area contributed by atoms with Crippen molar-refractivity contribution >= 4 is 5.97 Å². The maximum absolute atomic E-state index is 11.1. The number of carbonyl (C=O) groups excluding carboxylic acids is 1. The highest BCUT2D eigenvalue weighted by Gasteiger charge is 2.26. The molecule has 17 heavy (non-hydrogen) atoms. The van der Waals surface area contributed by atoms with Gasteiger partial charge in [-0.2, -0.15) is 0 Å². The molecule has 2 unspecified atom stereocenters. The highest BCUT2D eigenvalue weighted by molar-refractivity contribution is 5.75. The van der Waals surface area contributed by atoms with Crippen LogP contribution in [0.5, 0.6) is 0 Å². The van der Waals surface area contributed by atoms with Crippen LogP contribution in [0.1, 0.15) is 37.0 Å². The largest absolute Gasteiger partial charge is 0.467 e. The van der Waals surface area contributed by atoms with Gasteiger partial charge in [0.05, 0.1) is 7.11 Å². The lowest BCUT2D eigenvalue weighted by Crippen LogP contribution is -2.29. The standard InChI is InChI=1S/C13H18O4/c1-8(2)9-4-6-10(7-5-9)11(14)12(15)13(16)17-3/h4-8,11-12,14-15H,1-3H3. The minimum absolute atomic E-state index is 0.395. The molecule has 0 radical (unpaired) electrons. The Kier molecular flexibility index (Phi) is 4.66. The van der Waals surface area contributed by atoms with E-state index in [-0.39, 0.29) is 0 Å². The van der Waals surface area contributed by atoms with E-state index in [0.717, 1.165) is 5.56 Å². The SMILES string of the molecule is COC(=O)C(O)C(O)c1ccc(C(C)C)cc1. The number of esters is 1. The molecular formula is C13H18O4. The molecule has 0 aromatic heterocycles. The molecule has 0 amide bonds. The molecule has 0 aliphatic carbocycles. The van der Waals surface area contributed by atoms with Gasteiger partial charge in [0.2, 0.25) is 0 Å². The van der Waals surface area contributed by atoms with Crippen molar-refractivity contribution in [3.63, 3.8) is 0 Å². The molecule has 0 bridgehead atoms. The van der Waals surface area contributed by atoms with Gasteiger partial charge in [0.1, 0.15) is 6.10 Å². The number of ether oxygens (including phenoxy) is 1. The second-order valence-corrected chi connectivity index (χ2v) is 4.23. The molecule has 1 aromatic rings. The summed E-state index contributed by atoms with van der Waals surface area (Å²) < 4.78 is 4.37. The number of aliphatic hydroxyl groups is 2. The van der Waals surface area contributed by atoms with Gasteiger partial charge in [-0.15, -0.1) is 0 Å². The van der Waals surface area contributed by atoms with Gasteiger partial charge in [-0.3, -0.25) is 0 Å². The fourth-order valence-corrected chi connectivity index (χ4v) is 1.51. The molecule has 0 aliphatic heterocycles. The van der Waals surface area contributed by atoms with Crippen LogP contribution in [0.4, 0.5) is 0 Å². The predicted molar refractivity (Wildman–Crippen MR) is 63.5 cm³/mol. The number of methoxy groups -OCH3 is 1. The zero-order valence-corrected chi connectivity index (χ0v) is 10.3. The Morgan fingerprint density at radius 1 is 1.12 bits per heavy atom. The topological polar surface area (TPSA) is 66.8 Å². The first-order valence-electron chi connectivity index (χ1n) is 5.51. The number of benzene rings is 1. The first-order chi connectivity index (χ1) is 7.97. The zero-order chi connectivity index (χ0) is 13.0. The molecule has 0 spiro atoms. The molecule has 94 valence electrons. The van der Waals surface area contributed by atoms with Crippen LogP contribution >= 0.6 is 0 Å². The third kappa shape index (κ3) is 3.28. The highest BCUT2D eigenvalue weighted by atomic mass is 16.5. The molecule has 1 rings (SSSR count). The monoisotopic (exact) mass is 238 g/mol. The van der Waals surface area contributed by atoms with Crippen molar-refractivity contribution in [3.05, 3.63) is 35.4 Å². The lowest BCUT2D eigenvalue weighted by molar-refractivity contribution is -0.156. The quantitative estimate of drug-likeness (QED) is 0.778. The third-order valence-corrected chi connectivity index (χ3v) is 2.69. The third-order valence-electron chi connectivity index (χ3n) is 2.69. The van der Waals surface area contributed by atoms with Gasteiger partial charge in [-0.05, 0) is 17.0 Å². The Hall–Kier alpha value is -1.39. The highest BCUT2D eigenvalue weighted by Crippen LogP contribution is 2.21. The van der Waals surface area contributed by atoms with Crippen LogP contribution < -0.4 is 0 Å². The van der Waals surface area contributed by atoms with Crippen LogP contribution in [0.3, 0.4) is 0 Å². The van der Waals surface area contributed by atoms with Crippen molar-refractivity contribution in [2.45, 2.75) is 32.0 Å². The van der Waals surface area contributed by atoms with E-state index >= 15 is 0 Å². The molecule has 0 heterocycles. The Labute approximate surface area is 101 Å². The van der Waals surface area contributed by atoms with Crippen molar-refractivity contribution in [1.82, 2.24) is 0 Å². The Morgan fingerprint density at radius 3 is 2.00 bits per heavy atom. The van der Waals surface area contributed by atoms with Crippen molar-refractivity contribution in [1.29, 1.82) is 0 Å². The lowest BCUT2D eigenvalue weighted by Gasteiger charge is -2.16. The van der Waals surface area contributed by atoms with Crippen LogP contribution in [0.15, 0.2) is 24.3 Å². The Bertz CT molecular complexity index is 370. The van der Waals surface area contributed by atoms with E-state index < -0.39 is 18.2 Å². The summed E-state index contributed by atoms with van der Waals surface area (Å²) in [5, 5.41) is 19.3. The maximum atomic E-state index is 11.1. The van der Waals surface area contributed by atoms with E-state index in [4.69, 9.17) is 0 Å². The second kappa shape index (κ2) is 5.80. The molecule has 4 heteroatoms. The van der Waals surface area contributed by atoms with Crippen LogP contribution in [-0.4, -0.2) is 29.4 Å². The minimum atomic E-state index is -1.55. The fraction of sp³-hybridized carbons (Fsp3) is 0.462. The lowest BCUT2D eigenvalue weighted by atomic mass is 9.98. The molecule has 0 aliphatic rings. The maximum Gasteiger partial charge on any atom is 0.337 e. The number of hydrogen-bond acceptors (Lipinski definition) is 4. The smallest absolute Gasteiger partial charge is 0.337 e. The second-order valence-electron chi connectivity index (χ2n) is 4.23. The van der Waals surface area contributed by atoms with Gasteiger partial charge in [0.25, 0.3) is 0 Å². The molecular weight excluding hydrogens is 220 g/mol. The first kappa shape index (κ1) is 13.7. The van der Waals surface area contributed by atoms with Crippen LogP contribution in [0.25, 0.3) is 0 Å². The van der Waals surface area contributed by atoms with E-state index in [1.807, 2.05) is 12.1 Å². The van der Waals surface area contributed by atoms with E-state index in [1.165, 1.54) is 7.11 Å². The molecule has 0 fully saturated rings. The van der Waals surface area contributed by atoms with E-state index in [2.05, 4.69) is 18.6 Å². The molecule has 1 aromatic carbocycles. The van der Waals surface area contributed by atoms with E-state index in [1.54, 1.807) is 12.1 Å². The zero-order valence-electron chi connectivity index (χ0n) is 10.3. The van der Waals surface area contributed by atoms with Crippen LogP contribution in [0, 0.1) is 0 Å².